The smallest absolute Gasteiger partial charge is 0.255 e. The fourth-order valence-electron chi connectivity index (χ4n) is 8.84. The molecule has 312 valence electrons. The van der Waals surface area contributed by atoms with Crippen LogP contribution in [0.2, 0.25) is 0 Å². The maximum atomic E-state index is 15.5. The van der Waals surface area contributed by atoms with E-state index in [-0.39, 0.29) is 42.6 Å². The number of H-pyrrole nitrogens is 1. The maximum absolute atomic E-state index is 15.5. The average molecular weight is 809 g/mol. The number of hydrogen-bond acceptors (Lipinski definition) is 12. The number of nitrogens with zero attached hydrogens (tertiary/aromatic N) is 8. The second-order valence-electron chi connectivity index (χ2n) is 17.1. The van der Waals surface area contributed by atoms with Gasteiger partial charge in [-0.25, -0.2) is 14.4 Å². The summed E-state index contributed by atoms with van der Waals surface area (Å²) in [5.41, 5.74) is 3.83. The standard InChI is InChI=1S/C24H32FN5O3.C19H21N5O2/c1-27-10-12-28(13-11-27)14-16-6-8-29(9-7-16)19-3-2-17-18(22(19)25)15-30(24(17)33)20-4-5-21(31)26-23(20)32;1-19(4-5-19)26-13-2-3-15-14(10-13)18(23-22-15)16-11-17(21-12-20-16)24-6-8-25-9-7-24/h2-3,16,20H,4-15H2,1H3,(H,26,31,32);2-3,10-12H,4-9H2,1H3,(H,22,23). The van der Waals surface area contributed by atoms with E-state index in [9.17, 15) is 14.4 Å². The molecule has 3 amide bonds. The predicted octanol–water partition coefficient (Wildman–Crippen LogP) is 3.84. The summed E-state index contributed by atoms with van der Waals surface area (Å²) in [7, 11) is 2.17. The number of carbonyl (C=O) groups is 3. The zero-order valence-electron chi connectivity index (χ0n) is 33.9. The van der Waals surface area contributed by atoms with Gasteiger partial charge in [-0.2, -0.15) is 5.10 Å². The minimum absolute atomic E-state index is 0.00397. The molecule has 0 radical (unpaired) electrons. The Bertz CT molecular complexity index is 2210. The lowest BCUT2D eigenvalue weighted by atomic mass is 9.95. The van der Waals surface area contributed by atoms with Gasteiger partial charge < -0.3 is 34.0 Å². The van der Waals surface area contributed by atoms with Crippen LogP contribution in [0.5, 0.6) is 5.75 Å². The SMILES string of the molecule is CC1(Oc2ccc3[nH]nc(-c4cc(N5CCOCC5)ncn4)c3c2)CC1.CN1CCN(CC2CCN(c3ccc4c(c3F)CN(C3CCC(=O)NC3=O)C4=O)CC2)CC1. The molecular formula is C43H53FN10O5. The first-order valence-corrected chi connectivity index (χ1v) is 21.0. The summed E-state index contributed by atoms with van der Waals surface area (Å²) in [5.74, 6) is 0.922. The van der Waals surface area contributed by atoms with Crippen LogP contribution in [0.25, 0.3) is 22.3 Å². The minimum atomic E-state index is -0.726. The molecule has 0 bridgehead atoms. The van der Waals surface area contributed by atoms with Crippen LogP contribution in [0.15, 0.2) is 42.7 Å². The molecule has 59 heavy (non-hydrogen) atoms. The first kappa shape index (κ1) is 39.3. The maximum Gasteiger partial charge on any atom is 0.255 e. The highest BCUT2D eigenvalue weighted by Gasteiger charge is 2.42. The minimum Gasteiger partial charge on any atom is -0.488 e. The molecule has 10 rings (SSSR count). The molecule has 1 saturated carbocycles. The van der Waals surface area contributed by atoms with Crippen molar-refractivity contribution in [1.82, 2.24) is 40.2 Å². The second-order valence-corrected chi connectivity index (χ2v) is 17.1. The predicted molar refractivity (Wildman–Crippen MR) is 220 cm³/mol. The highest BCUT2D eigenvalue weighted by Crippen LogP contribution is 2.41. The first-order valence-electron chi connectivity index (χ1n) is 21.0. The van der Waals surface area contributed by atoms with Gasteiger partial charge in [0.25, 0.3) is 5.91 Å². The van der Waals surface area contributed by atoms with E-state index in [0.29, 0.717) is 22.7 Å². The molecule has 4 aromatic rings. The summed E-state index contributed by atoms with van der Waals surface area (Å²) in [5, 5.41) is 10.9. The van der Waals surface area contributed by atoms with Crippen LogP contribution in [0.3, 0.4) is 0 Å². The topological polar surface area (TPSA) is 152 Å². The van der Waals surface area contributed by atoms with Crippen molar-refractivity contribution in [3.63, 3.8) is 0 Å². The summed E-state index contributed by atoms with van der Waals surface area (Å²) in [6, 6.07) is 10.7. The quantitative estimate of drug-likeness (QED) is 0.249. The molecule has 16 heteroatoms. The number of benzene rings is 2. The monoisotopic (exact) mass is 808 g/mol. The number of piperidine rings is 2. The van der Waals surface area contributed by atoms with Crippen molar-refractivity contribution >= 4 is 40.1 Å². The number of amides is 3. The molecule has 2 aromatic heterocycles. The first-order chi connectivity index (χ1) is 28.6. The number of hydrogen-bond donors (Lipinski definition) is 2. The van der Waals surface area contributed by atoms with Gasteiger partial charge >= 0.3 is 0 Å². The summed E-state index contributed by atoms with van der Waals surface area (Å²) in [6.45, 7) is 12.5. The van der Waals surface area contributed by atoms with Crippen LogP contribution in [0, 0.1) is 11.7 Å². The van der Waals surface area contributed by atoms with Crippen molar-refractivity contribution in [2.24, 2.45) is 5.92 Å². The summed E-state index contributed by atoms with van der Waals surface area (Å²) in [6.07, 6.45) is 6.35. The van der Waals surface area contributed by atoms with Crippen molar-refractivity contribution in [3.8, 4) is 17.1 Å². The van der Waals surface area contributed by atoms with Crippen LogP contribution in [-0.4, -0.2) is 143 Å². The van der Waals surface area contributed by atoms with Crippen LogP contribution in [-0.2, 0) is 20.9 Å². The number of morpholine rings is 1. The third kappa shape index (κ3) is 8.48. The van der Waals surface area contributed by atoms with E-state index >= 15 is 4.39 Å². The largest absolute Gasteiger partial charge is 0.488 e. The number of ether oxygens (including phenoxy) is 2. The van der Waals surface area contributed by atoms with Crippen molar-refractivity contribution in [3.05, 3.63) is 59.7 Å². The molecule has 6 aliphatic rings. The van der Waals surface area contributed by atoms with Crippen LogP contribution in [0.1, 0.15) is 61.4 Å². The number of likely N-dealkylation sites (N-methyl/N-ethyl adjacent to an activating group) is 1. The fourth-order valence-corrected chi connectivity index (χ4v) is 8.84. The molecular weight excluding hydrogens is 756 g/mol. The lowest BCUT2D eigenvalue weighted by Gasteiger charge is -2.38. The molecule has 2 aromatic carbocycles. The van der Waals surface area contributed by atoms with Crippen molar-refractivity contribution in [2.75, 3.05) is 89.0 Å². The fraction of sp³-hybridized carbons (Fsp3) is 0.535. The molecule has 5 aliphatic heterocycles. The summed E-state index contributed by atoms with van der Waals surface area (Å²) in [4.78, 5) is 56.1. The lowest BCUT2D eigenvalue weighted by Crippen LogP contribution is -2.52. The Balaban J connectivity index is 0.000000156. The third-order valence-corrected chi connectivity index (χ3v) is 12.8. The number of halogens is 1. The molecule has 1 unspecified atom stereocenters. The van der Waals surface area contributed by atoms with Gasteiger partial charge in [0.15, 0.2) is 5.82 Å². The van der Waals surface area contributed by atoms with E-state index in [1.165, 1.54) is 4.90 Å². The Morgan fingerprint density at radius 2 is 1.69 bits per heavy atom. The van der Waals surface area contributed by atoms with Gasteiger partial charge in [0.2, 0.25) is 11.8 Å². The highest BCUT2D eigenvalue weighted by atomic mass is 19.1. The van der Waals surface area contributed by atoms with Crippen molar-refractivity contribution in [2.45, 2.75) is 63.6 Å². The number of imide groups is 1. The molecule has 5 fully saturated rings. The van der Waals surface area contributed by atoms with E-state index in [1.807, 2.05) is 24.3 Å². The van der Waals surface area contributed by atoms with E-state index < -0.39 is 11.9 Å². The number of nitrogens with one attached hydrogen (secondary N) is 2. The Morgan fingerprint density at radius 3 is 2.44 bits per heavy atom. The van der Waals surface area contributed by atoms with Gasteiger partial charge in [-0.05, 0) is 82.3 Å². The number of rotatable bonds is 8. The Hall–Kier alpha value is -5.19. The van der Waals surface area contributed by atoms with Crippen LogP contribution < -0.4 is 19.9 Å². The number of carbonyl (C=O) groups excluding carboxylic acids is 3. The van der Waals surface area contributed by atoms with E-state index in [2.05, 4.69) is 59.1 Å². The lowest BCUT2D eigenvalue weighted by molar-refractivity contribution is -0.136. The molecule has 0 spiro atoms. The normalized spacial score (nSPS) is 22.6. The number of aromatic amines is 1. The zero-order valence-corrected chi connectivity index (χ0v) is 33.9. The molecule has 7 heterocycles. The number of anilines is 2. The van der Waals surface area contributed by atoms with Crippen LogP contribution >= 0.6 is 0 Å². The number of aromatic nitrogens is 4. The Labute approximate surface area is 343 Å². The third-order valence-electron chi connectivity index (χ3n) is 12.8. The summed E-state index contributed by atoms with van der Waals surface area (Å²) < 4.78 is 27.1. The van der Waals surface area contributed by atoms with Gasteiger partial charge in [-0.3, -0.25) is 24.8 Å². The van der Waals surface area contributed by atoms with Gasteiger partial charge in [0.05, 0.1) is 36.7 Å². The zero-order chi connectivity index (χ0) is 40.7. The van der Waals surface area contributed by atoms with Gasteiger partial charge in [0, 0.05) is 87.9 Å². The molecule has 4 saturated heterocycles. The average Bonchev–Trinajstić information content (AvgIpc) is 3.66. The van der Waals surface area contributed by atoms with Crippen molar-refractivity contribution in [1.29, 1.82) is 0 Å². The molecule has 1 atom stereocenters. The van der Waals surface area contributed by atoms with Gasteiger partial charge in [0.1, 0.15) is 35.2 Å². The molecule has 1 aliphatic carbocycles. The van der Waals surface area contributed by atoms with E-state index in [1.54, 1.807) is 18.5 Å². The molecule has 15 nitrogen and oxygen atoms in total. The van der Waals surface area contributed by atoms with Gasteiger partial charge in [-0.15, -0.1) is 0 Å². The Morgan fingerprint density at radius 1 is 0.915 bits per heavy atom. The number of piperazine rings is 1. The number of fused-ring (bicyclic) bond motifs is 2. The van der Waals surface area contributed by atoms with Crippen molar-refractivity contribution < 1.29 is 28.2 Å². The second kappa shape index (κ2) is 16.5. The van der Waals surface area contributed by atoms with Crippen LogP contribution in [0.4, 0.5) is 15.9 Å². The van der Waals surface area contributed by atoms with Gasteiger partial charge in [-0.1, -0.05) is 0 Å². The Kier molecular flexibility index (Phi) is 11.0. The van der Waals surface area contributed by atoms with E-state index in [4.69, 9.17) is 9.47 Å². The highest BCUT2D eigenvalue weighted by molar-refractivity contribution is 6.05. The summed E-state index contributed by atoms with van der Waals surface area (Å²) >= 11 is 0. The molecule has 2 N–H and O–H groups in total. The van der Waals surface area contributed by atoms with E-state index in [0.717, 1.165) is 132 Å².